The Morgan fingerprint density at radius 2 is 0.875 bits per heavy atom. The summed E-state index contributed by atoms with van der Waals surface area (Å²) in [6, 6.07) is 7.51. The second-order valence-electron chi connectivity index (χ2n) is 11.0. The summed E-state index contributed by atoms with van der Waals surface area (Å²) in [5.41, 5.74) is 2.83. The molecule has 0 unspecified atom stereocenters. The van der Waals surface area contributed by atoms with Crippen LogP contribution in [0.25, 0.3) is 0 Å². The lowest BCUT2D eigenvalue weighted by Gasteiger charge is -2.24. The van der Waals surface area contributed by atoms with Gasteiger partial charge in [0.2, 0.25) is 0 Å². The molecule has 0 bridgehead atoms. The molecule has 0 spiro atoms. The van der Waals surface area contributed by atoms with Crippen molar-refractivity contribution in [3.8, 4) is 0 Å². The molecule has 0 aliphatic carbocycles. The smallest absolute Gasteiger partial charge is 0.319 e. The first-order valence-corrected chi connectivity index (χ1v) is 16.9. The molecule has 48 heavy (non-hydrogen) atoms. The maximum absolute atomic E-state index is 12.0. The summed E-state index contributed by atoms with van der Waals surface area (Å²) < 4.78 is 20.8. The van der Waals surface area contributed by atoms with Gasteiger partial charge in [0.1, 0.15) is 0 Å². The van der Waals surface area contributed by atoms with Gasteiger partial charge in [-0.1, -0.05) is 44.7 Å². The number of aliphatic hydroxyl groups excluding tert-OH is 1. The van der Waals surface area contributed by atoms with Crippen LogP contribution in [0.5, 0.6) is 0 Å². The molecule has 0 fully saturated rings. The van der Waals surface area contributed by atoms with Crippen LogP contribution >= 0.6 is 31.9 Å². The number of esters is 4. The number of halogens is 2. The number of carbonyl (C=O) groups is 4. The first kappa shape index (κ1) is 41.2. The summed E-state index contributed by atoms with van der Waals surface area (Å²) in [5.74, 6) is -1.94. The van der Waals surface area contributed by atoms with Gasteiger partial charge in [0.25, 0.3) is 0 Å². The van der Waals surface area contributed by atoms with E-state index in [9.17, 15) is 24.3 Å². The van der Waals surface area contributed by atoms with E-state index in [-0.39, 0.29) is 45.9 Å². The number of unbranched alkanes of at least 4 members (excludes halogenated alkanes) is 3. The summed E-state index contributed by atoms with van der Waals surface area (Å²) in [6.45, 7) is 1.82. The van der Waals surface area contributed by atoms with Crippen molar-refractivity contribution in [3.05, 3.63) is 56.0 Å². The molecule has 2 heterocycles. The Bertz CT molecular complexity index is 1220. The van der Waals surface area contributed by atoms with E-state index >= 15 is 0 Å². The Labute approximate surface area is 298 Å². The van der Waals surface area contributed by atoms with Gasteiger partial charge >= 0.3 is 23.9 Å². The number of rotatable bonds is 22. The van der Waals surface area contributed by atoms with E-state index in [0.717, 1.165) is 52.6 Å². The summed E-state index contributed by atoms with van der Waals surface area (Å²) >= 11 is 7.17. The number of hydrogen-bond donors (Lipinski definition) is 1. The maximum atomic E-state index is 12.0. The number of aromatic nitrogens is 2. The molecule has 1 N–H and O–H groups in total. The molecule has 0 amide bonds. The van der Waals surface area contributed by atoms with Crippen molar-refractivity contribution in [2.75, 3.05) is 67.8 Å². The fraction of sp³-hybridized carbons (Fsp3) is 0.562. The second kappa shape index (κ2) is 22.6. The molecule has 0 aromatic carbocycles. The highest BCUT2D eigenvalue weighted by atomic mass is 79.9. The van der Waals surface area contributed by atoms with Gasteiger partial charge < -0.3 is 24.1 Å². The Balaban J connectivity index is 2.32. The Morgan fingerprint density at radius 1 is 0.562 bits per heavy atom. The van der Waals surface area contributed by atoms with E-state index in [2.05, 4.69) is 36.8 Å². The lowest BCUT2D eigenvalue weighted by Crippen LogP contribution is -2.35. The highest BCUT2D eigenvalue weighted by Gasteiger charge is 2.20. The summed E-state index contributed by atoms with van der Waals surface area (Å²) in [4.78, 5) is 63.2. The molecular weight excluding hydrogens is 758 g/mol. The number of nitrogens with zero attached hydrogens (tertiary/aromatic N) is 5. The van der Waals surface area contributed by atoms with Gasteiger partial charge in [-0.3, -0.25) is 43.8 Å². The number of pyridine rings is 2. The summed E-state index contributed by atoms with van der Waals surface area (Å²) in [6.07, 6.45) is 3.49. The van der Waals surface area contributed by atoms with Gasteiger partial charge in [-0.2, -0.15) is 0 Å². The molecule has 0 aliphatic heterocycles. The lowest BCUT2D eigenvalue weighted by molar-refractivity contribution is -0.147. The van der Waals surface area contributed by atoms with E-state index in [4.69, 9.17) is 28.9 Å². The maximum Gasteiger partial charge on any atom is 0.319 e. The average molecular weight is 804 g/mol. The largest absolute Gasteiger partial charge is 0.468 e. The summed E-state index contributed by atoms with van der Waals surface area (Å²) in [7, 11) is 5.15. The zero-order chi connectivity index (χ0) is 35.5. The third-order valence-corrected chi connectivity index (χ3v) is 7.95. The van der Waals surface area contributed by atoms with Crippen molar-refractivity contribution in [1.29, 1.82) is 0 Å². The first-order chi connectivity index (χ1) is 23.0. The Morgan fingerprint density at radius 3 is 1.19 bits per heavy atom. The predicted molar refractivity (Wildman–Crippen MR) is 182 cm³/mol. The van der Waals surface area contributed by atoms with Crippen LogP contribution < -0.4 is 0 Å². The lowest BCUT2D eigenvalue weighted by atomic mass is 10.1. The highest BCUT2D eigenvalue weighted by molar-refractivity contribution is 9.10. The molecule has 14 nitrogen and oxygen atoms in total. The van der Waals surface area contributed by atoms with Gasteiger partial charge in [-0.25, -0.2) is 0 Å². The van der Waals surface area contributed by atoms with Crippen LogP contribution in [-0.4, -0.2) is 121 Å². The van der Waals surface area contributed by atoms with Crippen LogP contribution in [0.2, 0.25) is 0 Å². The molecule has 16 heteroatoms. The molecule has 0 saturated heterocycles. The molecule has 266 valence electrons. The van der Waals surface area contributed by atoms with Gasteiger partial charge in [0.05, 0.1) is 77.4 Å². The molecular formula is C32H45Br2N5O9. The van der Waals surface area contributed by atoms with Crippen molar-refractivity contribution in [2.24, 2.45) is 0 Å². The molecule has 2 aromatic rings. The molecule has 0 atom stereocenters. The van der Waals surface area contributed by atoms with E-state index in [1.165, 1.54) is 28.4 Å². The van der Waals surface area contributed by atoms with Crippen LogP contribution in [0, 0.1) is 0 Å². The topological polar surface area (TPSA) is 161 Å². The first-order valence-electron chi connectivity index (χ1n) is 15.3. The van der Waals surface area contributed by atoms with Crippen molar-refractivity contribution in [1.82, 2.24) is 24.7 Å². The van der Waals surface area contributed by atoms with Crippen LogP contribution in [0.4, 0.5) is 0 Å². The predicted octanol–water partition coefficient (Wildman–Crippen LogP) is 2.85. The monoisotopic (exact) mass is 801 g/mol. The Hall–Kier alpha value is -3.02. The standard InChI is InChI=1S/C32H45Br2N5O9/c1-45-29(41)19-38(20-30(42)46-2)17-27-13-23(33)11-25(35-27)15-37(9-7-5-6-8-10-40)16-26-12-24(34)14-28(36-26)18-39(21-31(43)47-3)22-32(44)48-4/h11-14,40H,5-10,15-22H2,1-4H3. The zero-order valence-corrected chi connectivity index (χ0v) is 31.1. The normalized spacial score (nSPS) is 11.2. The third kappa shape index (κ3) is 16.4. The minimum atomic E-state index is -0.485. The van der Waals surface area contributed by atoms with Crippen molar-refractivity contribution in [2.45, 2.75) is 51.9 Å². The fourth-order valence-corrected chi connectivity index (χ4v) is 5.85. The number of hydrogen-bond acceptors (Lipinski definition) is 14. The number of methoxy groups -OCH3 is 4. The van der Waals surface area contributed by atoms with Gasteiger partial charge in [0, 0.05) is 41.7 Å². The molecule has 0 radical (unpaired) electrons. The van der Waals surface area contributed by atoms with Crippen molar-refractivity contribution < 1.29 is 43.2 Å². The SMILES string of the molecule is COC(=O)CN(CC(=O)OC)Cc1cc(Br)cc(CN(CCCCCCO)Cc2cc(Br)cc(CN(CC(=O)OC)CC(=O)OC)n2)n1. The van der Waals surface area contributed by atoms with Crippen LogP contribution in [0.15, 0.2) is 33.2 Å². The molecule has 2 aromatic heterocycles. The van der Waals surface area contributed by atoms with Crippen molar-refractivity contribution in [3.63, 3.8) is 0 Å². The number of ether oxygens (including phenoxy) is 4. The minimum Gasteiger partial charge on any atom is -0.468 e. The second-order valence-corrected chi connectivity index (χ2v) is 12.8. The number of carbonyl (C=O) groups excluding carboxylic acids is 4. The number of aliphatic hydroxyl groups is 1. The van der Waals surface area contributed by atoms with Gasteiger partial charge in [0.15, 0.2) is 0 Å². The van der Waals surface area contributed by atoms with Crippen LogP contribution in [-0.2, 0) is 64.3 Å². The van der Waals surface area contributed by atoms with Crippen molar-refractivity contribution >= 4 is 55.7 Å². The van der Waals surface area contributed by atoms with E-state index in [0.29, 0.717) is 24.5 Å². The molecule has 0 saturated carbocycles. The molecule has 0 aliphatic rings. The quantitative estimate of drug-likeness (QED) is 0.105. The van der Waals surface area contributed by atoms with E-state index in [1.807, 2.05) is 24.3 Å². The third-order valence-electron chi connectivity index (χ3n) is 7.04. The van der Waals surface area contributed by atoms with Crippen LogP contribution in [0.3, 0.4) is 0 Å². The van der Waals surface area contributed by atoms with E-state index < -0.39 is 23.9 Å². The Kier molecular flexibility index (Phi) is 19.4. The average Bonchev–Trinajstić information content (AvgIpc) is 3.03. The van der Waals surface area contributed by atoms with Crippen LogP contribution in [0.1, 0.15) is 48.5 Å². The fourth-order valence-electron chi connectivity index (χ4n) is 4.80. The molecule has 2 rings (SSSR count). The summed E-state index contributed by atoms with van der Waals surface area (Å²) in [5, 5.41) is 9.20. The highest BCUT2D eigenvalue weighted by Crippen LogP contribution is 2.20. The van der Waals surface area contributed by atoms with E-state index in [1.54, 1.807) is 9.80 Å². The van der Waals surface area contributed by atoms with Gasteiger partial charge in [-0.15, -0.1) is 0 Å². The minimum absolute atomic E-state index is 0.108. The van der Waals surface area contributed by atoms with Gasteiger partial charge in [-0.05, 0) is 43.7 Å². The zero-order valence-electron chi connectivity index (χ0n) is 27.9.